The molecule has 0 bridgehead atoms. The minimum absolute atomic E-state index is 0.0684. The average Bonchev–Trinajstić information content (AvgIpc) is 2.96. The highest BCUT2D eigenvalue weighted by atomic mass is 32.1. The number of Topliss-reactive ketones (excluding diaryl/α,β-unsaturated/α-hetero) is 1. The van der Waals surface area contributed by atoms with Gasteiger partial charge in [-0.1, -0.05) is 47.7 Å². The van der Waals surface area contributed by atoms with Gasteiger partial charge in [-0.15, -0.1) is 0 Å². The smallest absolute Gasteiger partial charge is 0.226 e. The van der Waals surface area contributed by atoms with E-state index in [0.29, 0.717) is 30.0 Å². The standard InChI is InChI=1S/C19H18N2O2S/c1-13-10-11-15-17(12-13)24-19(20-15)21-18(23)9-5-8-16(22)14-6-3-2-4-7-14/h2-4,6-7,10-12H,5,8-9H2,1H3,(H,20,21,23). The number of ketones is 1. The van der Waals surface area contributed by atoms with Gasteiger partial charge < -0.3 is 5.32 Å². The summed E-state index contributed by atoms with van der Waals surface area (Å²) >= 11 is 1.47. The number of anilines is 1. The van der Waals surface area contributed by atoms with E-state index in [0.717, 1.165) is 10.2 Å². The molecule has 1 aromatic heterocycles. The molecule has 0 spiro atoms. The lowest BCUT2D eigenvalue weighted by molar-refractivity contribution is -0.116. The van der Waals surface area contributed by atoms with E-state index in [9.17, 15) is 9.59 Å². The number of amides is 1. The molecule has 1 N–H and O–H groups in total. The highest BCUT2D eigenvalue weighted by Crippen LogP contribution is 2.26. The van der Waals surface area contributed by atoms with E-state index in [1.54, 1.807) is 12.1 Å². The van der Waals surface area contributed by atoms with Gasteiger partial charge in [-0.25, -0.2) is 4.98 Å². The molecule has 0 aliphatic carbocycles. The number of aryl methyl sites for hydroxylation is 1. The van der Waals surface area contributed by atoms with E-state index < -0.39 is 0 Å². The molecule has 1 amide bonds. The van der Waals surface area contributed by atoms with Crippen LogP contribution in [0.3, 0.4) is 0 Å². The predicted molar refractivity (Wildman–Crippen MR) is 97.6 cm³/mol. The Balaban J connectivity index is 1.51. The van der Waals surface area contributed by atoms with E-state index >= 15 is 0 Å². The van der Waals surface area contributed by atoms with Crippen molar-refractivity contribution in [3.63, 3.8) is 0 Å². The number of fused-ring (bicyclic) bond motifs is 1. The maximum absolute atomic E-state index is 12.0. The Morgan fingerprint density at radius 1 is 1.08 bits per heavy atom. The van der Waals surface area contributed by atoms with Crippen molar-refractivity contribution in [2.24, 2.45) is 0 Å². The summed E-state index contributed by atoms with van der Waals surface area (Å²) in [5, 5.41) is 3.43. The first-order chi connectivity index (χ1) is 11.6. The van der Waals surface area contributed by atoms with Crippen LogP contribution < -0.4 is 5.32 Å². The summed E-state index contributed by atoms with van der Waals surface area (Å²) in [6.07, 6.45) is 1.22. The second kappa shape index (κ2) is 7.36. The Morgan fingerprint density at radius 2 is 1.88 bits per heavy atom. The van der Waals surface area contributed by atoms with E-state index in [1.807, 2.05) is 37.3 Å². The van der Waals surface area contributed by atoms with Crippen LogP contribution in [0.25, 0.3) is 10.2 Å². The fourth-order valence-electron chi connectivity index (χ4n) is 2.44. The van der Waals surface area contributed by atoms with Gasteiger partial charge in [0, 0.05) is 18.4 Å². The number of benzene rings is 2. The van der Waals surface area contributed by atoms with Gasteiger partial charge in [-0.3, -0.25) is 9.59 Å². The van der Waals surface area contributed by atoms with Crippen molar-refractivity contribution >= 4 is 38.4 Å². The predicted octanol–water partition coefficient (Wildman–Crippen LogP) is 4.60. The summed E-state index contributed by atoms with van der Waals surface area (Å²) in [6.45, 7) is 2.03. The lowest BCUT2D eigenvalue weighted by Gasteiger charge is -2.02. The summed E-state index contributed by atoms with van der Waals surface area (Å²) in [4.78, 5) is 28.4. The quantitative estimate of drug-likeness (QED) is 0.668. The molecule has 122 valence electrons. The van der Waals surface area contributed by atoms with Gasteiger partial charge in [-0.2, -0.15) is 0 Å². The van der Waals surface area contributed by atoms with Crippen molar-refractivity contribution in [3.8, 4) is 0 Å². The fourth-order valence-corrected chi connectivity index (χ4v) is 3.43. The second-order valence-electron chi connectivity index (χ2n) is 5.68. The normalized spacial score (nSPS) is 10.7. The van der Waals surface area contributed by atoms with Crippen LogP contribution in [0.5, 0.6) is 0 Å². The van der Waals surface area contributed by atoms with Gasteiger partial charge in [0.1, 0.15) is 0 Å². The van der Waals surface area contributed by atoms with E-state index in [2.05, 4.69) is 16.4 Å². The fraction of sp³-hybridized carbons (Fsp3) is 0.211. The molecule has 2 aromatic carbocycles. The first-order valence-electron chi connectivity index (χ1n) is 7.87. The van der Waals surface area contributed by atoms with Crippen LogP contribution in [0.4, 0.5) is 5.13 Å². The molecule has 0 fully saturated rings. The average molecular weight is 338 g/mol. The minimum atomic E-state index is -0.105. The second-order valence-corrected chi connectivity index (χ2v) is 6.71. The molecule has 4 nitrogen and oxygen atoms in total. The van der Waals surface area contributed by atoms with Crippen molar-refractivity contribution in [3.05, 3.63) is 59.7 Å². The summed E-state index contributed by atoms with van der Waals surface area (Å²) in [6, 6.07) is 15.2. The van der Waals surface area contributed by atoms with Gasteiger partial charge in [0.2, 0.25) is 5.91 Å². The van der Waals surface area contributed by atoms with Crippen molar-refractivity contribution < 1.29 is 9.59 Å². The van der Waals surface area contributed by atoms with Crippen molar-refractivity contribution in [1.29, 1.82) is 0 Å². The van der Waals surface area contributed by atoms with E-state index in [1.165, 1.54) is 16.9 Å². The first kappa shape index (κ1) is 16.3. The summed E-state index contributed by atoms with van der Waals surface area (Å²) in [5.41, 5.74) is 2.75. The SMILES string of the molecule is Cc1ccc2nc(NC(=O)CCCC(=O)c3ccccc3)sc2c1. The number of aromatic nitrogens is 1. The largest absolute Gasteiger partial charge is 0.302 e. The topological polar surface area (TPSA) is 59.1 Å². The molecule has 0 unspecified atom stereocenters. The third kappa shape index (κ3) is 4.06. The monoisotopic (exact) mass is 338 g/mol. The molecule has 0 saturated carbocycles. The number of thiazole rings is 1. The van der Waals surface area contributed by atoms with Crippen LogP contribution >= 0.6 is 11.3 Å². The molecule has 3 aromatic rings. The van der Waals surface area contributed by atoms with E-state index in [-0.39, 0.29) is 11.7 Å². The third-order valence-electron chi connectivity index (χ3n) is 3.69. The van der Waals surface area contributed by atoms with Gasteiger partial charge in [0.25, 0.3) is 0 Å². The molecule has 5 heteroatoms. The number of carbonyl (C=O) groups excluding carboxylic acids is 2. The number of hydrogen-bond donors (Lipinski definition) is 1. The lowest BCUT2D eigenvalue weighted by Crippen LogP contribution is -2.11. The van der Waals surface area contributed by atoms with E-state index in [4.69, 9.17) is 0 Å². The number of rotatable bonds is 6. The highest BCUT2D eigenvalue weighted by molar-refractivity contribution is 7.22. The van der Waals surface area contributed by atoms with Gasteiger partial charge >= 0.3 is 0 Å². The van der Waals surface area contributed by atoms with Crippen LogP contribution in [0.15, 0.2) is 48.5 Å². The Kier molecular flexibility index (Phi) is 5.01. The molecule has 24 heavy (non-hydrogen) atoms. The zero-order chi connectivity index (χ0) is 16.9. The van der Waals surface area contributed by atoms with Gasteiger partial charge in [0.05, 0.1) is 10.2 Å². The van der Waals surface area contributed by atoms with Crippen molar-refractivity contribution in [1.82, 2.24) is 4.98 Å². The first-order valence-corrected chi connectivity index (χ1v) is 8.69. The number of hydrogen-bond acceptors (Lipinski definition) is 4. The Labute approximate surface area is 144 Å². The molecular formula is C19H18N2O2S. The van der Waals surface area contributed by atoms with Crippen LogP contribution in [0, 0.1) is 6.92 Å². The molecule has 0 atom stereocenters. The van der Waals surface area contributed by atoms with Crippen LogP contribution in [0.2, 0.25) is 0 Å². The zero-order valence-corrected chi connectivity index (χ0v) is 14.2. The highest BCUT2D eigenvalue weighted by Gasteiger charge is 2.10. The molecule has 1 heterocycles. The van der Waals surface area contributed by atoms with Crippen molar-refractivity contribution in [2.75, 3.05) is 5.32 Å². The summed E-state index contributed by atoms with van der Waals surface area (Å²) in [7, 11) is 0. The summed E-state index contributed by atoms with van der Waals surface area (Å²) < 4.78 is 1.06. The number of nitrogens with one attached hydrogen (secondary N) is 1. The molecule has 3 rings (SSSR count). The molecule has 0 radical (unpaired) electrons. The van der Waals surface area contributed by atoms with Crippen molar-refractivity contribution in [2.45, 2.75) is 26.2 Å². The van der Waals surface area contributed by atoms with Gasteiger partial charge in [0.15, 0.2) is 10.9 Å². The molecule has 0 aliphatic rings. The Bertz CT molecular complexity index is 871. The molecule has 0 saturated heterocycles. The van der Waals surface area contributed by atoms with Gasteiger partial charge in [-0.05, 0) is 31.0 Å². The minimum Gasteiger partial charge on any atom is -0.302 e. The molecular weight excluding hydrogens is 320 g/mol. The maximum Gasteiger partial charge on any atom is 0.226 e. The lowest BCUT2D eigenvalue weighted by atomic mass is 10.1. The number of nitrogens with zero attached hydrogens (tertiary/aromatic N) is 1. The van der Waals surface area contributed by atoms with Crippen LogP contribution in [-0.4, -0.2) is 16.7 Å². The number of carbonyl (C=O) groups is 2. The Hall–Kier alpha value is -2.53. The van der Waals surface area contributed by atoms with Crippen LogP contribution in [0.1, 0.15) is 35.2 Å². The zero-order valence-electron chi connectivity index (χ0n) is 13.4. The summed E-state index contributed by atoms with van der Waals surface area (Å²) in [5.74, 6) is -0.0366. The maximum atomic E-state index is 12.0. The van der Waals surface area contributed by atoms with Crippen LogP contribution in [-0.2, 0) is 4.79 Å². The Morgan fingerprint density at radius 3 is 2.67 bits per heavy atom. The molecule has 0 aliphatic heterocycles. The third-order valence-corrected chi connectivity index (χ3v) is 4.63.